The van der Waals surface area contributed by atoms with Crippen LogP contribution in [0, 0.1) is 13.8 Å². The lowest BCUT2D eigenvalue weighted by atomic mass is 9.95. The van der Waals surface area contributed by atoms with Crippen molar-refractivity contribution in [3.05, 3.63) is 65.2 Å². The smallest absolute Gasteiger partial charge is 0.243 e. The zero-order valence-electron chi connectivity index (χ0n) is 21.0. The van der Waals surface area contributed by atoms with E-state index in [4.69, 9.17) is 4.74 Å². The van der Waals surface area contributed by atoms with Gasteiger partial charge < -0.3 is 15.0 Å². The zero-order valence-corrected chi connectivity index (χ0v) is 21.0. The van der Waals surface area contributed by atoms with Crippen LogP contribution in [-0.4, -0.2) is 35.4 Å². The number of ether oxygens (including phenoxy) is 1. The molecule has 0 radical (unpaired) electrons. The summed E-state index contributed by atoms with van der Waals surface area (Å²) in [4.78, 5) is 28.5. The highest BCUT2D eigenvalue weighted by molar-refractivity contribution is 5.87. The topological polar surface area (TPSA) is 58.6 Å². The highest BCUT2D eigenvalue weighted by atomic mass is 16.5. The van der Waals surface area contributed by atoms with Gasteiger partial charge in [0.2, 0.25) is 11.8 Å². The van der Waals surface area contributed by atoms with Crippen LogP contribution in [0.3, 0.4) is 0 Å². The second-order valence-corrected chi connectivity index (χ2v) is 9.48. The van der Waals surface area contributed by atoms with Gasteiger partial charge >= 0.3 is 0 Å². The standard InChI is InChI=1S/C29H40N2O3/c1-4-27(29(33)30-25-13-6-5-7-14-25)31(21-24-12-9-8-11-23(24)3)28(32)15-10-20-34-26-18-16-22(2)17-19-26/h8-9,11-12,16-19,25,27H,4-7,10,13-15,20-21H2,1-3H3,(H,30,33). The monoisotopic (exact) mass is 464 g/mol. The number of amides is 2. The molecule has 0 spiro atoms. The summed E-state index contributed by atoms with van der Waals surface area (Å²) in [6.45, 7) is 7.00. The maximum absolute atomic E-state index is 13.4. The Morgan fingerprint density at radius 3 is 2.41 bits per heavy atom. The summed E-state index contributed by atoms with van der Waals surface area (Å²) in [6.07, 6.45) is 7.18. The number of aryl methyl sites for hydroxylation is 2. The van der Waals surface area contributed by atoms with Gasteiger partial charge in [-0.15, -0.1) is 0 Å². The number of carbonyl (C=O) groups is 2. The van der Waals surface area contributed by atoms with Gasteiger partial charge in [-0.2, -0.15) is 0 Å². The summed E-state index contributed by atoms with van der Waals surface area (Å²) in [7, 11) is 0. The van der Waals surface area contributed by atoms with E-state index in [-0.39, 0.29) is 17.9 Å². The molecule has 0 aromatic heterocycles. The third kappa shape index (κ3) is 7.61. The van der Waals surface area contributed by atoms with E-state index in [1.54, 1.807) is 4.90 Å². The molecule has 1 atom stereocenters. The maximum atomic E-state index is 13.4. The van der Waals surface area contributed by atoms with Crippen molar-refractivity contribution in [2.24, 2.45) is 0 Å². The van der Waals surface area contributed by atoms with Crippen molar-refractivity contribution >= 4 is 11.8 Å². The van der Waals surface area contributed by atoms with Crippen LogP contribution in [-0.2, 0) is 16.1 Å². The Balaban J connectivity index is 1.65. The van der Waals surface area contributed by atoms with Gasteiger partial charge in [0.1, 0.15) is 11.8 Å². The van der Waals surface area contributed by atoms with Gasteiger partial charge in [-0.25, -0.2) is 0 Å². The van der Waals surface area contributed by atoms with Crippen molar-refractivity contribution in [3.63, 3.8) is 0 Å². The number of rotatable bonds is 11. The molecule has 0 heterocycles. The van der Waals surface area contributed by atoms with E-state index >= 15 is 0 Å². The van der Waals surface area contributed by atoms with Crippen molar-refractivity contribution in [1.82, 2.24) is 10.2 Å². The Hall–Kier alpha value is -2.82. The molecule has 2 aromatic carbocycles. The minimum absolute atomic E-state index is 0.00130. The molecule has 1 saturated carbocycles. The summed E-state index contributed by atoms with van der Waals surface area (Å²) in [5, 5.41) is 3.24. The first-order valence-electron chi connectivity index (χ1n) is 12.8. The van der Waals surface area contributed by atoms with E-state index in [2.05, 4.69) is 18.3 Å². The van der Waals surface area contributed by atoms with Crippen LogP contribution >= 0.6 is 0 Å². The predicted octanol–water partition coefficient (Wildman–Crippen LogP) is 5.72. The molecule has 34 heavy (non-hydrogen) atoms. The minimum atomic E-state index is -0.466. The number of nitrogens with zero attached hydrogens (tertiary/aromatic N) is 1. The first-order valence-corrected chi connectivity index (χ1v) is 12.8. The average Bonchev–Trinajstić information content (AvgIpc) is 2.84. The Kier molecular flexibility index (Phi) is 9.99. The van der Waals surface area contributed by atoms with Crippen LogP contribution in [0.5, 0.6) is 5.75 Å². The fourth-order valence-corrected chi connectivity index (χ4v) is 4.63. The summed E-state index contributed by atoms with van der Waals surface area (Å²) < 4.78 is 5.81. The van der Waals surface area contributed by atoms with Gasteiger partial charge in [0.25, 0.3) is 0 Å². The summed E-state index contributed by atoms with van der Waals surface area (Å²) in [5.74, 6) is 0.793. The summed E-state index contributed by atoms with van der Waals surface area (Å²) >= 11 is 0. The largest absolute Gasteiger partial charge is 0.494 e. The fraction of sp³-hybridized carbons (Fsp3) is 0.517. The number of hydrogen-bond acceptors (Lipinski definition) is 3. The van der Waals surface area contributed by atoms with Crippen molar-refractivity contribution in [2.75, 3.05) is 6.61 Å². The van der Waals surface area contributed by atoms with Gasteiger partial charge in [0, 0.05) is 19.0 Å². The molecular formula is C29H40N2O3. The molecule has 5 heteroatoms. The van der Waals surface area contributed by atoms with Crippen LogP contribution in [0.25, 0.3) is 0 Å². The first kappa shape index (κ1) is 25.8. The molecule has 0 aliphatic heterocycles. The molecule has 1 N–H and O–H groups in total. The number of benzene rings is 2. The molecule has 1 unspecified atom stereocenters. The second kappa shape index (κ2) is 13.2. The summed E-state index contributed by atoms with van der Waals surface area (Å²) in [5.41, 5.74) is 3.40. The molecule has 2 aromatic rings. The maximum Gasteiger partial charge on any atom is 0.243 e. The predicted molar refractivity (Wildman–Crippen MR) is 137 cm³/mol. The van der Waals surface area contributed by atoms with Gasteiger partial charge in [0.15, 0.2) is 0 Å². The van der Waals surface area contributed by atoms with E-state index in [1.807, 2.05) is 56.3 Å². The normalized spacial score (nSPS) is 14.9. The van der Waals surface area contributed by atoms with Crippen LogP contribution in [0.15, 0.2) is 48.5 Å². The molecule has 0 saturated heterocycles. The SMILES string of the molecule is CCC(C(=O)NC1CCCCC1)N(Cc1ccccc1C)C(=O)CCCOc1ccc(C)cc1. The molecule has 3 rings (SSSR count). The minimum Gasteiger partial charge on any atom is -0.494 e. The Morgan fingerprint density at radius 1 is 1.03 bits per heavy atom. The van der Waals surface area contributed by atoms with Gasteiger partial charge in [-0.1, -0.05) is 68.1 Å². The Labute approximate surface area is 204 Å². The Morgan fingerprint density at radius 2 is 1.74 bits per heavy atom. The average molecular weight is 465 g/mol. The highest BCUT2D eigenvalue weighted by Gasteiger charge is 2.30. The van der Waals surface area contributed by atoms with Gasteiger partial charge in [-0.05, 0) is 62.8 Å². The number of nitrogens with one attached hydrogen (secondary N) is 1. The third-order valence-electron chi connectivity index (χ3n) is 6.76. The molecule has 1 aliphatic carbocycles. The van der Waals surface area contributed by atoms with Crippen molar-refractivity contribution in [2.45, 2.75) is 90.8 Å². The van der Waals surface area contributed by atoms with E-state index in [1.165, 1.54) is 12.0 Å². The number of carbonyl (C=O) groups excluding carboxylic acids is 2. The van der Waals surface area contributed by atoms with Crippen molar-refractivity contribution in [1.29, 1.82) is 0 Å². The van der Waals surface area contributed by atoms with E-state index in [0.717, 1.165) is 42.6 Å². The van der Waals surface area contributed by atoms with E-state index in [0.29, 0.717) is 32.4 Å². The van der Waals surface area contributed by atoms with E-state index in [9.17, 15) is 9.59 Å². The zero-order chi connectivity index (χ0) is 24.3. The second-order valence-electron chi connectivity index (χ2n) is 9.48. The number of hydrogen-bond donors (Lipinski definition) is 1. The quantitative estimate of drug-likeness (QED) is 0.433. The summed E-state index contributed by atoms with van der Waals surface area (Å²) in [6, 6.07) is 15.8. The Bertz CT molecular complexity index is 919. The lowest BCUT2D eigenvalue weighted by Crippen LogP contribution is -2.51. The molecule has 0 bridgehead atoms. The van der Waals surface area contributed by atoms with Gasteiger partial charge in [-0.3, -0.25) is 9.59 Å². The van der Waals surface area contributed by atoms with Crippen molar-refractivity contribution < 1.29 is 14.3 Å². The first-order chi connectivity index (χ1) is 16.5. The van der Waals surface area contributed by atoms with Crippen LogP contribution in [0.4, 0.5) is 0 Å². The van der Waals surface area contributed by atoms with E-state index < -0.39 is 6.04 Å². The molecule has 1 fully saturated rings. The van der Waals surface area contributed by atoms with Gasteiger partial charge in [0.05, 0.1) is 6.61 Å². The lowest BCUT2D eigenvalue weighted by molar-refractivity contribution is -0.142. The molecule has 1 aliphatic rings. The van der Waals surface area contributed by atoms with Crippen molar-refractivity contribution in [3.8, 4) is 5.75 Å². The van der Waals surface area contributed by atoms with Crippen LogP contribution in [0.1, 0.15) is 75.0 Å². The molecule has 5 nitrogen and oxygen atoms in total. The lowest BCUT2D eigenvalue weighted by Gasteiger charge is -2.33. The third-order valence-corrected chi connectivity index (χ3v) is 6.76. The highest BCUT2D eigenvalue weighted by Crippen LogP contribution is 2.20. The molecule has 184 valence electrons. The van der Waals surface area contributed by atoms with Crippen LogP contribution < -0.4 is 10.1 Å². The van der Waals surface area contributed by atoms with Crippen LogP contribution in [0.2, 0.25) is 0 Å². The fourth-order valence-electron chi connectivity index (χ4n) is 4.63. The molecular weight excluding hydrogens is 424 g/mol. The molecule has 2 amide bonds.